The Bertz CT molecular complexity index is 579. The van der Waals surface area contributed by atoms with Crippen LogP contribution in [0.5, 0.6) is 5.75 Å². The molecule has 1 heterocycles. The minimum absolute atomic E-state index is 0.00256. The van der Waals surface area contributed by atoms with Crippen LogP contribution < -0.4 is 4.74 Å². The summed E-state index contributed by atoms with van der Waals surface area (Å²) < 4.78 is 10.6. The highest BCUT2D eigenvalue weighted by molar-refractivity contribution is 6.42. The van der Waals surface area contributed by atoms with Crippen LogP contribution in [0.3, 0.4) is 0 Å². The van der Waals surface area contributed by atoms with Gasteiger partial charge < -0.3 is 14.6 Å². The molecule has 21 heavy (non-hydrogen) atoms. The Morgan fingerprint density at radius 2 is 2.10 bits per heavy atom. The molecule has 1 aromatic rings. The van der Waals surface area contributed by atoms with Gasteiger partial charge in [-0.3, -0.25) is 10.1 Å². The van der Waals surface area contributed by atoms with E-state index in [0.29, 0.717) is 12.8 Å². The number of halogens is 2. The molecule has 0 saturated carbocycles. The lowest BCUT2D eigenvalue weighted by Crippen LogP contribution is -2.23. The van der Waals surface area contributed by atoms with E-state index in [-0.39, 0.29) is 28.1 Å². The van der Waals surface area contributed by atoms with Crippen LogP contribution in [-0.4, -0.2) is 34.8 Å². The number of carboxylic acid groups (broad SMARTS) is 1. The fourth-order valence-electron chi connectivity index (χ4n) is 1.97. The summed E-state index contributed by atoms with van der Waals surface area (Å²) in [5, 5.41) is 19.9. The smallest absolute Gasteiger partial charge is 0.332 e. The van der Waals surface area contributed by atoms with Crippen LogP contribution in [0, 0.1) is 10.1 Å². The van der Waals surface area contributed by atoms with Crippen molar-refractivity contribution in [3.8, 4) is 5.75 Å². The normalized spacial score (nSPS) is 21.2. The van der Waals surface area contributed by atoms with Crippen molar-refractivity contribution in [2.24, 2.45) is 0 Å². The number of rotatable bonds is 5. The summed E-state index contributed by atoms with van der Waals surface area (Å²) in [6, 6.07) is 2.36. The molecule has 2 rings (SSSR count). The second kappa shape index (κ2) is 6.46. The molecule has 0 aromatic heterocycles. The molecule has 1 aliphatic heterocycles. The molecule has 7 nitrogen and oxygen atoms in total. The molecule has 2 atom stereocenters. The SMILES string of the molecule is O=C(O)C1CCC(COc2cc(Cl)c(Cl)cc2[N+](=O)[O-])O1. The maximum atomic E-state index is 10.9. The van der Waals surface area contributed by atoms with Crippen LogP contribution in [0.4, 0.5) is 5.69 Å². The molecular weight excluding hydrogens is 325 g/mol. The minimum atomic E-state index is -1.03. The first-order valence-electron chi connectivity index (χ1n) is 6.03. The predicted octanol–water partition coefficient (Wildman–Crippen LogP) is 2.91. The van der Waals surface area contributed by atoms with Gasteiger partial charge >= 0.3 is 11.7 Å². The van der Waals surface area contributed by atoms with Gasteiger partial charge in [-0.05, 0) is 12.8 Å². The van der Waals surface area contributed by atoms with Gasteiger partial charge in [-0.15, -0.1) is 0 Å². The molecule has 1 aliphatic rings. The summed E-state index contributed by atoms with van der Waals surface area (Å²) in [5.41, 5.74) is -0.308. The summed E-state index contributed by atoms with van der Waals surface area (Å²) in [5.74, 6) is -1.06. The van der Waals surface area contributed by atoms with Crippen molar-refractivity contribution in [1.29, 1.82) is 0 Å². The summed E-state index contributed by atoms with van der Waals surface area (Å²) in [7, 11) is 0. The van der Waals surface area contributed by atoms with Gasteiger partial charge in [0.2, 0.25) is 0 Å². The molecule has 0 aliphatic carbocycles. The summed E-state index contributed by atoms with van der Waals surface area (Å²) >= 11 is 11.5. The average molecular weight is 336 g/mol. The fourth-order valence-corrected chi connectivity index (χ4v) is 2.28. The monoisotopic (exact) mass is 335 g/mol. The second-order valence-corrected chi connectivity index (χ2v) is 5.28. The van der Waals surface area contributed by atoms with Gasteiger partial charge in [-0.1, -0.05) is 23.2 Å². The van der Waals surface area contributed by atoms with Gasteiger partial charge in [-0.2, -0.15) is 0 Å². The van der Waals surface area contributed by atoms with E-state index in [2.05, 4.69) is 0 Å². The molecule has 9 heteroatoms. The number of hydrogen-bond donors (Lipinski definition) is 1. The van der Waals surface area contributed by atoms with E-state index in [4.69, 9.17) is 37.8 Å². The molecule has 1 saturated heterocycles. The highest BCUT2D eigenvalue weighted by Gasteiger charge is 2.31. The van der Waals surface area contributed by atoms with Gasteiger partial charge in [0.05, 0.1) is 21.1 Å². The Balaban J connectivity index is 2.05. The van der Waals surface area contributed by atoms with E-state index < -0.39 is 23.1 Å². The number of carbonyl (C=O) groups is 1. The van der Waals surface area contributed by atoms with Crippen LogP contribution >= 0.6 is 23.2 Å². The first-order valence-corrected chi connectivity index (χ1v) is 6.78. The van der Waals surface area contributed by atoms with Crippen molar-refractivity contribution >= 4 is 34.9 Å². The average Bonchev–Trinajstić information content (AvgIpc) is 2.88. The van der Waals surface area contributed by atoms with Gasteiger partial charge in [0, 0.05) is 12.1 Å². The number of nitro benzene ring substituents is 1. The van der Waals surface area contributed by atoms with E-state index in [1.54, 1.807) is 0 Å². The van der Waals surface area contributed by atoms with Crippen molar-refractivity contribution in [2.75, 3.05) is 6.61 Å². The fraction of sp³-hybridized carbons (Fsp3) is 0.417. The minimum Gasteiger partial charge on any atom is -0.484 e. The highest BCUT2D eigenvalue weighted by atomic mass is 35.5. The topological polar surface area (TPSA) is 98.9 Å². The maximum Gasteiger partial charge on any atom is 0.332 e. The Hall–Kier alpha value is -1.57. The molecular formula is C12H11Cl2NO6. The third-order valence-corrected chi connectivity index (χ3v) is 3.73. The number of nitro groups is 1. The van der Waals surface area contributed by atoms with E-state index >= 15 is 0 Å². The van der Waals surface area contributed by atoms with Gasteiger partial charge in [-0.25, -0.2) is 4.79 Å². The number of nitrogens with zero attached hydrogens (tertiary/aromatic N) is 1. The first-order chi connectivity index (χ1) is 9.88. The summed E-state index contributed by atoms with van der Waals surface area (Å²) in [6.07, 6.45) is -0.401. The lowest BCUT2D eigenvalue weighted by molar-refractivity contribution is -0.385. The molecule has 1 aromatic carbocycles. The lowest BCUT2D eigenvalue weighted by Gasteiger charge is -2.13. The molecule has 0 spiro atoms. The van der Waals surface area contributed by atoms with Crippen molar-refractivity contribution < 1.29 is 24.3 Å². The van der Waals surface area contributed by atoms with Crippen LogP contribution in [0.1, 0.15) is 12.8 Å². The Morgan fingerprint density at radius 1 is 1.43 bits per heavy atom. The zero-order valence-corrected chi connectivity index (χ0v) is 12.1. The third-order valence-electron chi connectivity index (χ3n) is 3.01. The van der Waals surface area contributed by atoms with Crippen molar-refractivity contribution in [2.45, 2.75) is 25.0 Å². The number of benzene rings is 1. The predicted molar refractivity (Wildman–Crippen MR) is 74.1 cm³/mol. The summed E-state index contributed by atoms with van der Waals surface area (Å²) in [6.45, 7) is 0.00256. The number of aliphatic carboxylic acids is 1. The Kier molecular flexibility index (Phi) is 4.87. The first kappa shape index (κ1) is 15.8. The van der Waals surface area contributed by atoms with Crippen LogP contribution in [0.25, 0.3) is 0 Å². The zero-order chi connectivity index (χ0) is 15.6. The molecule has 0 amide bonds. The van der Waals surface area contributed by atoms with Gasteiger partial charge in [0.15, 0.2) is 11.9 Å². The van der Waals surface area contributed by atoms with E-state index in [1.165, 1.54) is 6.07 Å². The van der Waals surface area contributed by atoms with Crippen molar-refractivity contribution in [1.82, 2.24) is 0 Å². The molecule has 0 radical (unpaired) electrons. The van der Waals surface area contributed by atoms with Gasteiger partial charge in [0.25, 0.3) is 0 Å². The number of ether oxygens (including phenoxy) is 2. The van der Waals surface area contributed by atoms with Crippen LogP contribution in [-0.2, 0) is 9.53 Å². The van der Waals surface area contributed by atoms with Crippen molar-refractivity contribution in [3.05, 3.63) is 32.3 Å². The van der Waals surface area contributed by atoms with E-state index in [0.717, 1.165) is 6.07 Å². The van der Waals surface area contributed by atoms with E-state index in [9.17, 15) is 14.9 Å². The van der Waals surface area contributed by atoms with E-state index in [1.807, 2.05) is 0 Å². The molecule has 1 fully saturated rings. The molecule has 114 valence electrons. The largest absolute Gasteiger partial charge is 0.484 e. The Labute approximate surface area is 129 Å². The molecule has 0 bridgehead atoms. The third kappa shape index (κ3) is 3.75. The highest BCUT2D eigenvalue weighted by Crippen LogP contribution is 2.36. The number of hydrogen-bond acceptors (Lipinski definition) is 5. The molecule has 2 unspecified atom stereocenters. The standard InChI is InChI=1S/C12H11Cl2NO6/c13-7-3-9(15(18)19)11(4-8(7)14)20-5-6-1-2-10(21-6)12(16)17/h3-4,6,10H,1-2,5H2,(H,16,17). The Morgan fingerprint density at radius 3 is 2.67 bits per heavy atom. The van der Waals surface area contributed by atoms with Gasteiger partial charge in [0.1, 0.15) is 6.61 Å². The summed E-state index contributed by atoms with van der Waals surface area (Å²) in [4.78, 5) is 21.1. The molecule has 1 N–H and O–H groups in total. The van der Waals surface area contributed by atoms with Crippen LogP contribution in [0.2, 0.25) is 10.0 Å². The quantitative estimate of drug-likeness (QED) is 0.656. The van der Waals surface area contributed by atoms with Crippen molar-refractivity contribution in [3.63, 3.8) is 0 Å². The number of carboxylic acids is 1. The zero-order valence-electron chi connectivity index (χ0n) is 10.6. The maximum absolute atomic E-state index is 10.9. The second-order valence-electron chi connectivity index (χ2n) is 4.46. The van der Waals surface area contributed by atoms with Crippen LogP contribution in [0.15, 0.2) is 12.1 Å². The lowest BCUT2D eigenvalue weighted by atomic mass is 10.2.